The van der Waals surface area contributed by atoms with E-state index >= 15 is 0 Å². The Balaban J connectivity index is 1.70. The number of nitrogens with zero attached hydrogens (tertiary/aromatic N) is 1. The number of ether oxygens (including phenoxy) is 2. The maximum absolute atomic E-state index is 12.7. The molecule has 1 aliphatic heterocycles. The molecule has 0 fully saturated rings. The van der Waals surface area contributed by atoms with E-state index in [2.05, 4.69) is 10.6 Å². The average Bonchev–Trinajstić information content (AvgIpc) is 2.95. The summed E-state index contributed by atoms with van der Waals surface area (Å²) in [4.78, 5) is 29.4. The van der Waals surface area contributed by atoms with E-state index < -0.39 is 0 Å². The second kappa shape index (κ2) is 11.4. The van der Waals surface area contributed by atoms with E-state index in [1.807, 2.05) is 55.5 Å². The van der Waals surface area contributed by atoms with Crippen molar-refractivity contribution in [3.63, 3.8) is 0 Å². The summed E-state index contributed by atoms with van der Waals surface area (Å²) in [5.41, 5.74) is 3.17. The number of hydrogen-bond donors (Lipinski definition) is 2. The quantitative estimate of drug-likeness (QED) is 0.575. The minimum absolute atomic E-state index is 0.0954. The van der Waals surface area contributed by atoms with Crippen LogP contribution in [-0.2, 0) is 20.9 Å². The predicted octanol–water partition coefficient (Wildman–Crippen LogP) is 4.43. The molecule has 1 atom stereocenters. The van der Waals surface area contributed by atoms with Gasteiger partial charge >= 0.3 is 5.97 Å². The van der Waals surface area contributed by atoms with Gasteiger partial charge in [0.1, 0.15) is 5.75 Å². The predicted molar refractivity (Wildman–Crippen MR) is 128 cm³/mol. The van der Waals surface area contributed by atoms with Gasteiger partial charge in [-0.05, 0) is 49.8 Å². The molecule has 0 spiro atoms. The number of amides is 1. The largest absolute Gasteiger partial charge is 0.497 e. The third kappa shape index (κ3) is 6.62. The Labute approximate surface area is 192 Å². The normalized spacial score (nSPS) is 13.5. The highest BCUT2D eigenvalue weighted by molar-refractivity contribution is 8.15. The van der Waals surface area contributed by atoms with Gasteiger partial charge < -0.3 is 20.1 Å². The lowest BCUT2D eigenvalue weighted by Gasteiger charge is -2.13. The minimum atomic E-state index is -0.385. The maximum Gasteiger partial charge on any atom is 0.311 e. The van der Waals surface area contributed by atoms with Crippen LogP contribution in [0.25, 0.3) is 0 Å². The van der Waals surface area contributed by atoms with Crippen LogP contribution in [0.5, 0.6) is 5.75 Å². The highest BCUT2D eigenvalue weighted by Gasteiger charge is 2.19. The van der Waals surface area contributed by atoms with Crippen LogP contribution in [0.15, 0.2) is 65.3 Å². The van der Waals surface area contributed by atoms with Crippen LogP contribution in [0, 0.1) is 0 Å². The minimum Gasteiger partial charge on any atom is -0.497 e. The van der Waals surface area contributed by atoms with E-state index in [1.54, 1.807) is 20.1 Å². The van der Waals surface area contributed by atoms with Crippen LogP contribution in [-0.4, -0.2) is 35.9 Å². The zero-order valence-corrected chi connectivity index (χ0v) is 19.2. The van der Waals surface area contributed by atoms with Gasteiger partial charge in [-0.15, -0.1) is 0 Å². The monoisotopic (exact) mass is 453 g/mol. The summed E-state index contributed by atoms with van der Waals surface area (Å²) in [5, 5.41) is 6.47. The molecule has 0 aromatic heterocycles. The number of thioether (sulfide) groups is 1. The van der Waals surface area contributed by atoms with E-state index in [0.29, 0.717) is 23.9 Å². The Morgan fingerprint density at radius 2 is 2.00 bits per heavy atom. The number of aliphatic imine (C=N–C) groups is 1. The smallest absolute Gasteiger partial charge is 0.311 e. The molecule has 0 saturated heterocycles. The van der Waals surface area contributed by atoms with Crippen LogP contribution in [0.1, 0.15) is 25.8 Å². The van der Waals surface area contributed by atoms with Gasteiger partial charge in [-0.1, -0.05) is 36.0 Å². The lowest BCUT2D eigenvalue weighted by molar-refractivity contribution is -0.142. The summed E-state index contributed by atoms with van der Waals surface area (Å²) in [6.45, 7) is 4.33. The van der Waals surface area contributed by atoms with Crippen LogP contribution < -0.4 is 15.4 Å². The topological polar surface area (TPSA) is 89.0 Å². The van der Waals surface area contributed by atoms with Gasteiger partial charge in [0.25, 0.3) is 0 Å². The third-order valence-electron chi connectivity index (χ3n) is 4.64. The fourth-order valence-corrected chi connectivity index (χ4v) is 3.97. The van der Waals surface area contributed by atoms with Crippen molar-refractivity contribution in [2.45, 2.75) is 32.1 Å². The van der Waals surface area contributed by atoms with Crippen LogP contribution >= 0.6 is 11.8 Å². The summed E-state index contributed by atoms with van der Waals surface area (Å²) in [6.07, 6.45) is 1.89. The first-order chi connectivity index (χ1) is 15.5. The Kier molecular flexibility index (Phi) is 8.33. The van der Waals surface area contributed by atoms with E-state index in [9.17, 15) is 9.59 Å². The molecule has 168 valence electrons. The number of nitrogens with one attached hydrogen (secondary N) is 2. The van der Waals surface area contributed by atoms with Gasteiger partial charge in [0.15, 0.2) is 0 Å². The first kappa shape index (κ1) is 23.4. The number of hydrogen-bond acceptors (Lipinski definition) is 7. The van der Waals surface area contributed by atoms with E-state index in [1.165, 1.54) is 11.8 Å². The molecule has 0 unspecified atom stereocenters. The Hall–Kier alpha value is -3.26. The van der Waals surface area contributed by atoms with E-state index in [-0.39, 0.29) is 23.5 Å². The molecule has 0 aliphatic carbocycles. The molecule has 2 aromatic carbocycles. The summed E-state index contributed by atoms with van der Waals surface area (Å²) in [6, 6.07) is 15.2. The van der Waals surface area contributed by atoms with Crippen molar-refractivity contribution in [3.8, 4) is 5.75 Å². The molecule has 0 radical (unpaired) electrons. The van der Waals surface area contributed by atoms with Crippen molar-refractivity contribution in [2.75, 3.05) is 19.0 Å². The third-order valence-corrected chi connectivity index (χ3v) is 5.65. The summed E-state index contributed by atoms with van der Waals surface area (Å²) >= 11 is 1.34. The van der Waals surface area contributed by atoms with Crippen LogP contribution in [0.2, 0.25) is 0 Å². The lowest BCUT2D eigenvalue weighted by atomic mass is 10.2. The van der Waals surface area contributed by atoms with Gasteiger partial charge in [-0.2, -0.15) is 0 Å². The number of esters is 1. The standard InChI is InChI=1S/C24H27N3O4S/c1-4-31-23(28)14-18-13-22(27-21-11-6-5-10-20(21)26-18)32-16(2)24(29)25-15-17-8-7-9-19(12-17)30-3/h5-13,16,26H,4,14-15H2,1-3H3,(H,25,29)/t16-/m0/s1. The summed E-state index contributed by atoms with van der Waals surface area (Å²) in [7, 11) is 1.61. The van der Waals surface area contributed by atoms with Crippen molar-refractivity contribution in [1.82, 2.24) is 5.32 Å². The molecule has 7 nitrogen and oxygen atoms in total. The van der Waals surface area contributed by atoms with E-state index in [4.69, 9.17) is 14.5 Å². The number of carbonyl (C=O) groups excluding carboxylic acids is 2. The molecule has 1 amide bonds. The number of anilines is 1. The Morgan fingerprint density at radius 3 is 2.78 bits per heavy atom. The first-order valence-electron chi connectivity index (χ1n) is 10.4. The fourth-order valence-electron chi connectivity index (χ4n) is 3.06. The average molecular weight is 454 g/mol. The first-order valence-corrected chi connectivity index (χ1v) is 11.2. The van der Waals surface area contributed by atoms with Crippen molar-refractivity contribution in [2.24, 2.45) is 4.99 Å². The number of para-hydroxylation sites is 2. The molecule has 8 heteroatoms. The molecule has 0 saturated carbocycles. The number of fused-ring (bicyclic) bond motifs is 1. The number of rotatable bonds is 8. The molecule has 2 aromatic rings. The molecule has 3 rings (SSSR count). The second-order valence-electron chi connectivity index (χ2n) is 7.07. The van der Waals surface area contributed by atoms with Crippen molar-refractivity contribution >= 4 is 40.1 Å². The highest BCUT2D eigenvalue weighted by atomic mass is 32.2. The van der Waals surface area contributed by atoms with Crippen molar-refractivity contribution in [1.29, 1.82) is 0 Å². The van der Waals surface area contributed by atoms with Crippen molar-refractivity contribution < 1.29 is 19.1 Å². The summed E-state index contributed by atoms with van der Waals surface area (Å²) < 4.78 is 10.3. The lowest BCUT2D eigenvalue weighted by Crippen LogP contribution is -2.31. The molecule has 1 aliphatic rings. The Bertz CT molecular complexity index is 1040. The number of methoxy groups -OCH3 is 1. The van der Waals surface area contributed by atoms with Gasteiger partial charge in [0.2, 0.25) is 5.91 Å². The SMILES string of the molecule is CCOC(=O)CC1=CC(S[C@@H](C)C(=O)NCc2cccc(OC)c2)=Nc2ccccc2N1. The van der Waals surface area contributed by atoms with Gasteiger partial charge in [-0.25, -0.2) is 4.99 Å². The van der Waals surface area contributed by atoms with E-state index in [0.717, 1.165) is 22.7 Å². The van der Waals surface area contributed by atoms with Gasteiger partial charge in [-0.3, -0.25) is 9.59 Å². The zero-order valence-electron chi connectivity index (χ0n) is 18.4. The van der Waals surface area contributed by atoms with Crippen molar-refractivity contribution in [3.05, 3.63) is 65.9 Å². The van der Waals surface area contributed by atoms with Crippen LogP contribution in [0.3, 0.4) is 0 Å². The molecular weight excluding hydrogens is 426 g/mol. The summed E-state index contributed by atoms with van der Waals surface area (Å²) in [5.74, 6) is 0.322. The number of benzene rings is 2. The highest BCUT2D eigenvalue weighted by Crippen LogP contribution is 2.32. The molecule has 2 N–H and O–H groups in total. The molecule has 0 bridgehead atoms. The maximum atomic E-state index is 12.7. The van der Waals surface area contributed by atoms with Gasteiger partial charge in [0, 0.05) is 12.2 Å². The van der Waals surface area contributed by atoms with Gasteiger partial charge in [0.05, 0.1) is 41.8 Å². The molecule has 1 heterocycles. The molecule has 32 heavy (non-hydrogen) atoms. The Morgan fingerprint density at radius 1 is 1.19 bits per heavy atom. The zero-order chi connectivity index (χ0) is 22.9. The molecular formula is C24H27N3O4S. The number of carbonyl (C=O) groups is 2. The fraction of sp³-hybridized carbons (Fsp3) is 0.292. The second-order valence-corrected chi connectivity index (χ2v) is 8.43. The van der Waals surface area contributed by atoms with Crippen LogP contribution in [0.4, 0.5) is 11.4 Å².